The summed E-state index contributed by atoms with van der Waals surface area (Å²) < 4.78 is 43.7. The van der Waals surface area contributed by atoms with Crippen LogP contribution in [-0.4, -0.2) is 77.6 Å². The van der Waals surface area contributed by atoms with E-state index < -0.39 is 24.4 Å². The zero-order valence-electron chi connectivity index (χ0n) is 16.2. The number of nitrogens with one attached hydrogen (secondary N) is 1. The monoisotopic (exact) mass is 428 g/mol. The van der Waals surface area contributed by atoms with Gasteiger partial charge in [-0.05, 0) is 18.1 Å². The SMILES string of the molecule is O=C1N[C@H](CCC(=O)N2CC(c3ccc(N4CCC(O)(C(F)(F)F)C4)nc3)C2)CO1. The van der Waals surface area contributed by atoms with Crippen LogP contribution in [0.25, 0.3) is 0 Å². The molecule has 8 nitrogen and oxygen atoms in total. The molecular formula is C19H23F3N4O4. The Morgan fingerprint density at radius 1 is 1.37 bits per heavy atom. The van der Waals surface area contributed by atoms with Crippen LogP contribution in [0.3, 0.4) is 0 Å². The highest BCUT2D eigenvalue weighted by molar-refractivity contribution is 5.77. The van der Waals surface area contributed by atoms with E-state index >= 15 is 0 Å². The maximum atomic E-state index is 13.0. The number of hydrogen-bond acceptors (Lipinski definition) is 6. The maximum absolute atomic E-state index is 13.0. The van der Waals surface area contributed by atoms with Gasteiger partial charge in [0.2, 0.25) is 5.91 Å². The molecule has 0 bridgehead atoms. The molecule has 0 spiro atoms. The van der Waals surface area contributed by atoms with E-state index in [-0.39, 0.29) is 37.4 Å². The Kier molecular flexibility index (Phi) is 5.25. The largest absolute Gasteiger partial charge is 0.447 e. The van der Waals surface area contributed by atoms with Crippen LogP contribution in [0.5, 0.6) is 0 Å². The minimum absolute atomic E-state index is 0.0143. The molecule has 3 saturated heterocycles. The first-order valence-electron chi connectivity index (χ1n) is 9.86. The summed E-state index contributed by atoms with van der Waals surface area (Å²) in [4.78, 5) is 30.7. The summed E-state index contributed by atoms with van der Waals surface area (Å²) in [6.07, 6.45) is -3.02. The van der Waals surface area contributed by atoms with Crippen molar-refractivity contribution in [2.45, 2.75) is 43.0 Å². The van der Waals surface area contributed by atoms with E-state index in [1.807, 2.05) is 6.07 Å². The zero-order valence-corrected chi connectivity index (χ0v) is 16.2. The quantitative estimate of drug-likeness (QED) is 0.736. The minimum Gasteiger partial charge on any atom is -0.447 e. The Hall–Kier alpha value is -2.56. The van der Waals surface area contributed by atoms with E-state index in [0.29, 0.717) is 31.7 Å². The average molecular weight is 428 g/mol. The fraction of sp³-hybridized carbons (Fsp3) is 0.632. The number of alkyl halides is 3. The molecule has 2 amide bonds. The minimum atomic E-state index is -4.67. The predicted molar refractivity (Wildman–Crippen MR) is 98.9 cm³/mol. The van der Waals surface area contributed by atoms with Gasteiger partial charge in [0.05, 0.1) is 12.6 Å². The third-order valence-electron chi connectivity index (χ3n) is 6.02. The van der Waals surface area contributed by atoms with E-state index in [1.165, 1.54) is 4.90 Å². The molecular weight excluding hydrogens is 405 g/mol. The number of carbonyl (C=O) groups excluding carboxylic acids is 2. The molecule has 0 aromatic carbocycles. The second-order valence-corrected chi connectivity index (χ2v) is 8.12. The number of halogens is 3. The summed E-state index contributed by atoms with van der Waals surface area (Å²) in [5.74, 6) is 0.545. The summed E-state index contributed by atoms with van der Waals surface area (Å²) in [5, 5.41) is 12.4. The van der Waals surface area contributed by atoms with Crippen molar-refractivity contribution in [3.05, 3.63) is 23.9 Å². The molecule has 2 atom stereocenters. The highest BCUT2D eigenvalue weighted by Crippen LogP contribution is 2.39. The molecule has 4 heterocycles. The fourth-order valence-corrected chi connectivity index (χ4v) is 3.98. The lowest BCUT2D eigenvalue weighted by Gasteiger charge is -2.39. The molecule has 3 aliphatic rings. The van der Waals surface area contributed by atoms with Gasteiger partial charge in [0.15, 0.2) is 5.60 Å². The highest BCUT2D eigenvalue weighted by Gasteiger charge is 2.57. The van der Waals surface area contributed by atoms with E-state index in [2.05, 4.69) is 10.3 Å². The van der Waals surface area contributed by atoms with Gasteiger partial charge in [-0.25, -0.2) is 9.78 Å². The van der Waals surface area contributed by atoms with Crippen molar-refractivity contribution in [1.82, 2.24) is 15.2 Å². The number of β-amino-alcohol motifs (C(OH)–C–C–N with tert-alkyl or cyclic N) is 1. The van der Waals surface area contributed by atoms with Gasteiger partial charge < -0.3 is 25.0 Å². The standard InChI is InChI=1S/C19H23F3N4O4/c20-19(21,22)18(29)5-6-25(11-18)15-3-1-12(7-23-15)13-8-26(9-13)16(27)4-2-14-10-30-17(28)24-14/h1,3,7,13-14,29H,2,4-6,8-11H2,(H,24,28)/t14-,18?/m1/s1. The van der Waals surface area contributed by atoms with Crippen LogP contribution in [0, 0.1) is 0 Å². The Balaban J connectivity index is 1.25. The number of aliphatic hydroxyl groups is 1. The molecule has 11 heteroatoms. The summed E-state index contributed by atoms with van der Waals surface area (Å²) >= 11 is 0. The number of alkyl carbamates (subject to hydrolysis) is 1. The van der Waals surface area contributed by atoms with Gasteiger partial charge in [-0.1, -0.05) is 6.07 Å². The Morgan fingerprint density at radius 2 is 2.13 bits per heavy atom. The lowest BCUT2D eigenvalue weighted by molar-refractivity contribution is -0.250. The van der Waals surface area contributed by atoms with E-state index in [1.54, 1.807) is 17.2 Å². The summed E-state index contributed by atoms with van der Waals surface area (Å²) in [6, 6.07) is 3.34. The molecule has 30 heavy (non-hydrogen) atoms. The number of cyclic esters (lactones) is 1. The van der Waals surface area contributed by atoms with Crippen molar-refractivity contribution in [3.8, 4) is 0 Å². The third-order valence-corrected chi connectivity index (χ3v) is 6.02. The second kappa shape index (κ2) is 7.60. The Bertz CT molecular complexity index is 813. The summed E-state index contributed by atoms with van der Waals surface area (Å²) in [6.45, 7) is 0.960. The molecule has 3 fully saturated rings. The van der Waals surface area contributed by atoms with Gasteiger partial charge in [-0.2, -0.15) is 13.2 Å². The summed E-state index contributed by atoms with van der Waals surface area (Å²) in [5.41, 5.74) is -1.78. The lowest BCUT2D eigenvalue weighted by atomic mass is 9.92. The molecule has 164 valence electrons. The van der Waals surface area contributed by atoms with Gasteiger partial charge >= 0.3 is 12.3 Å². The number of hydrogen-bond donors (Lipinski definition) is 2. The molecule has 0 aliphatic carbocycles. The van der Waals surface area contributed by atoms with Crippen LogP contribution >= 0.6 is 0 Å². The van der Waals surface area contributed by atoms with Gasteiger partial charge in [0, 0.05) is 44.6 Å². The van der Waals surface area contributed by atoms with Crippen molar-refractivity contribution >= 4 is 17.8 Å². The van der Waals surface area contributed by atoms with E-state index in [4.69, 9.17) is 4.74 Å². The van der Waals surface area contributed by atoms with Crippen LogP contribution in [0.1, 0.15) is 30.7 Å². The number of likely N-dealkylation sites (tertiary alicyclic amines) is 1. The van der Waals surface area contributed by atoms with Crippen molar-refractivity contribution < 1.29 is 32.6 Å². The molecule has 4 rings (SSSR count). The van der Waals surface area contributed by atoms with Crippen LogP contribution in [0.2, 0.25) is 0 Å². The highest BCUT2D eigenvalue weighted by atomic mass is 19.4. The lowest BCUT2D eigenvalue weighted by Crippen LogP contribution is -2.48. The van der Waals surface area contributed by atoms with E-state index in [0.717, 1.165) is 5.56 Å². The fourth-order valence-electron chi connectivity index (χ4n) is 3.98. The number of aromatic nitrogens is 1. The second-order valence-electron chi connectivity index (χ2n) is 8.12. The van der Waals surface area contributed by atoms with E-state index in [9.17, 15) is 27.9 Å². The summed E-state index contributed by atoms with van der Waals surface area (Å²) in [7, 11) is 0. The molecule has 2 N–H and O–H groups in total. The van der Waals surface area contributed by atoms with Crippen molar-refractivity contribution in [1.29, 1.82) is 0 Å². The number of anilines is 1. The normalized spacial score (nSPS) is 27.1. The van der Waals surface area contributed by atoms with Crippen molar-refractivity contribution in [2.75, 3.05) is 37.7 Å². The van der Waals surface area contributed by atoms with Gasteiger partial charge in [-0.3, -0.25) is 4.79 Å². The van der Waals surface area contributed by atoms with Gasteiger partial charge in [0.25, 0.3) is 0 Å². The number of carbonyl (C=O) groups is 2. The molecule has 1 unspecified atom stereocenters. The number of ether oxygens (including phenoxy) is 1. The first-order valence-corrected chi connectivity index (χ1v) is 9.86. The first kappa shape index (κ1) is 20.7. The van der Waals surface area contributed by atoms with Crippen molar-refractivity contribution in [2.24, 2.45) is 0 Å². The Labute approximate surface area is 171 Å². The first-order chi connectivity index (χ1) is 14.1. The van der Waals surface area contributed by atoms with Gasteiger partial charge in [-0.15, -0.1) is 0 Å². The number of pyridine rings is 1. The molecule has 1 aromatic heterocycles. The van der Waals surface area contributed by atoms with Gasteiger partial charge in [0.1, 0.15) is 12.4 Å². The number of amides is 2. The average Bonchev–Trinajstić information content (AvgIpc) is 3.25. The van der Waals surface area contributed by atoms with Crippen LogP contribution in [0.4, 0.5) is 23.8 Å². The molecule has 0 radical (unpaired) electrons. The van der Waals surface area contributed by atoms with Crippen molar-refractivity contribution in [3.63, 3.8) is 0 Å². The smallest absolute Gasteiger partial charge is 0.418 e. The predicted octanol–water partition coefficient (Wildman–Crippen LogP) is 1.40. The van der Waals surface area contributed by atoms with Crippen LogP contribution in [0.15, 0.2) is 18.3 Å². The topological polar surface area (TPSA) is 95.0 Å². The molecule has 0 saturated carbocycles. The zero-order chi connectivity index (χ0) is 21.5. The molecule has 3 aliphatic heterocycles. The third kappa shape index (κ3) is 4.03. The number of nitrogens with zero attached hydrogens (tertiary/aromatic N) is 3. The number of rotatable bonds is 5. The Morgan fingerprint density at radius 3 is 2.70 bits per heavy atom. The molecule has 1 aromatic rings. The van der Waals surface area contributed by atoms with Crippen LogP contribution < -0.4 is 10.2 Å². The van der Waals surface area contributed by atoms with Crippen LogP contribution in [-0.2, 0) is 9.53 Å². The maximum Gasteiger partial charge on any atom is 0.418 e.